The Balaban J connectivity index is 2.78. The Morgan fingerprint density at radius 3 is 2.65 bits per heavy atom. The molecule has 94 valence electrons. The van der Waals surface area contributed by atoms with Gasteiger partial charge in [-0.3, -0.25) is 4.79 Å². The van der Waals surface area contributed by atoms with Gasteiger partial charge in [0, 0.05) is 13.6 Å². The van der Waals surface area contributed by atoms with Crippen LogP contribution in [0.2, 0.25) is 10.2 Å². The SMILES string of the molecule is CC(C)CCN(C)C(=O)c1nc(Cl)ccc1Cl. The smallest absolute Gasteiger partial charge is 0.273 e. The number of amides is 1. The Bertz CT molecular complexity index is 407. The predicted molar refractivity (Wildman–Crippen MR) is 70.7 cm³/mol. The first kappa shape index (κ1) is 14.3. The van der Waals surface area contributed by atoms with E-state index in [1.165, 1.54) is 0 Å². The molecule has 1 rings (SSSR count). The van der Waals surface area contributed by atoms with E-state index in [1.54, 1.807) is 24.1 Å². The van der Waals surface area contributed by atoms with Crippen LogP contribution in [-0.2, 0) is 0 Å². The molecule has 5 heteroatoms. The molecule has 0 aromatic carbocycles. The zero-order chi connectivity index (χ0) is 13.0. The third-order valence-electron chi connectivity index (χ3n) is 2.40. The zero-order valence-electron chi connectivity index (χ0n) is 10.2. The van der Waals surface area contributed by atoms with E-state index in [9.17, 15) is 4.79 Å². The molecule has 1 aromatic rings. The fourth-order valence-corrected chi connectivity index (χ4v) is 1.64. The Morgan fingerprint density at radius 1 is 1.41 bits per heavy atom. The molecule has 0 atom stereocenters. The first-order chi connectivity index (χ1) is 7.91. The molecule has 0 spiro atoms. The van der Waals surface area contributed by atoms with Crippen LogP contribution in [-0.4, -0.2) is 29.4 Å². The van der Waals surface area contributed by atoms with E-state index < -0.39 is 0 Å². The lowest BCUT2D eigenvalue weighted by atomic mass is 10.1. The average molecular weight is 275 g/mol. The van der Waals surface area contributed by atoms with Crippen molar-refractivity contribution in [2.45, 2.75) is 20.3 Å². The van der Waals surface area contributed by atoms with E-state index in [4.69, 9.17) is 23.2 Å². The molecule has 0 radical (unpaired) electrons. The van der Waals surface area contributed by atoms with Crippen LogP contribution in [0.4, 0.5) is 0 Å². The lowest BCUT2D eigenvalue weighted by Gasteiger charge is -2.18. The van der Waals surface area contributed by atoms with Gasteiger partial charge in [-0.1, -0.05) is 37.0 Å². The first-order valence-electron chi connectivity index (χ1n) is 5.49. The number of hydrogen-bond donors (Lipinski definition) is 0. The molecule has 0 saturated carbocycles. The normalized spacial score (nSPS) is 10.7. The molecule has 0 saturated heterocycles. The minimum atomic E-state index is -0.196. The van der Waals surface area contributed by atoms with Crippen molar-refractivity contribution >= 4 is 29.1 Å². The van der Waals surface area contributed by atoms with Crippen LogP contribution in [0.5, 0.6) is 0 Å². The van der Waals surface area contributed by atoms with Crippen LogP contribution in [0, 0.1) is 5.92 Å². The monoisotopic (exact) mass is 274 g/mol. The molecule has 1 heterocycles. The van der Waals surface area contributed by atoms with Crippen LogP contribution in [0.15, 0.2) is 12.1 Å². The van der Waals surface area contributed by atoms with Crippen molar-refractivity contribution in [1.29, 1.82) is 0 Å². The van der Waals surface area contributed by atoms with Crippen LogP contribution in [0.3, 0.4) is 0 Å². The molecule has 1 amide bonds. The Kier molecular flexibility index (Phi) is 5.22. The zero-order valence-corrected chi connectivity index (χ0v) is 11.7. The summed E-state index contributed by atoms with van der Waals surface area (Å²) < 4.78 is 0. The van der Waals surface area contributed by atoms with Crippen LogP contribution in [0.1, 0.15) is 30.8 Å². The van der Waals surface area contributed by atoms with Gasteiger partial charge in [0.25, 0.3) is 5.91 Å². The van der Waals surface area contributed by atoms with Gasteiger partial charge in [-0.2, -0.15) is 0 Å². The van der Waals surface area contributed by atoms with Crippen molar-refractivity contribution in [3.8, 4) is 0 Å². The summed E-state index contributed by atoms with van der Waals surface area (Å²) >= 11 is 11.7. The molecular formula is C12H16Cl2N2O. The molecule has 3 nitrogen and oxygen atoms in total. The van der Waals surface area contributed by atoms with E-state index in [-0.39, 0.29) is 16.8 Å². The van der Waals surface area contributed by atoms with Crippen molar-refractivity contribution in [2.24, 2.45) is 5.92 Å². The minimum absolute atomic E-state index is 0.196. The number of nitrogens with zero attached hydrogens (tertiary/aromatic N) is 2. The van der Waals surface area contributed by atoms with Gasteiger partial charge in [0.15, 0.2) is 0 Å². The second-order valence-electron chi connectivity index (χ2n) is 4.37. The molecule has 0 aliphatic rings. The molecule has 1 aromatic heterocycles. The van der Waals surface area contributed by atoms with E-state index in [2.05, 4.69) is 18.8 Å². The van der Waals surface area contributed by atoms with Crippen molar-refractivity contribution in [3.63, 3.8) is 0 Å². The molecule has 0 bridgehead atoms. The lowest BCUT2D eigenvalue weighted by molar-refractivity contribution is 0.0783. The van der Waals surface area contributed by atoms with Crippen molar-refractivity contribution in [2.75, 3.05) is 13.6 Å². The predicted octanol–water partition coefficient (Wildman–Crippen LogP) is 3.51. The van der Waals surface area contributed by atoms with Crippen LogP contribution < -0.4 is 0 Å². The highest BCUT2D eigenvalue weighted by Crippen LogP contribution is 2.18. The van der Waals surface area contributed by atoms with Crippen molar-refractivity contribution in [3.05, 3.63) is 28.0 Å². The van der Waals surface area contributed by atoms with Crippen molar-refractivity contribution < 1.29 is 4.79 Å². The highest BCUT2D eigenvalue weighted by atomic mass is 35.5. The maximum Gasteiger partial charge on any atom is 0.273 e. The van der Waals surface area contributed by atoms with E-state index in [0.29, 0.717) is 17.5 Å². The van der Waals surface area contributed by atoms with Gasteiger partial charge in [-0.25, -0.2) is 4.98 Å². The summed E-state index contributed by atoms with van der Waals surface area (Å²) in [6, 6.07) is 3.15. The highest BCUT2D eigenvalue weighted by molar-refractivity contribution is 6.34. The molecule has 17 heavy (non-hydrogen) atoms. The number of carbonyl (C=O) groups excluding carboxylic acids is 1. The fraction of sp³-hybridized carbons (Fsp3) is 0.500. The number of rotatable bonds is 4. The third kappa shape index (κ3) is 4.17. The molecule has 0 fully saturated rings. The Morgan fingerprint density at radius 2 is 2.06 bits per heavy atom. The third-order valence-corrected chi connectivity index (χ3v) is 2.92. The fourth-order valence-electron chi connectivity index (χ4n) is 1.30. The van der Waals surface area contributed by atoms with E-state index in [0.717, 1.165) is 6.42 Å². The summed E-state index contributed by atoms with van der Waals surface area (Å²) in [6.45, 7) is 4.91. The number of pyridine rings is 1. The molecule has 0 unspecified atom stereocenters. The van der Waals surface area contributed by atoms with Gasteiger partial charge in [-0.05, 0) is 24.5 Å². The van der Waals surface area contributed by atoms with Gasteiger partial charge < -0.3 is 4.90 Å². The van der Waals surface area contributed by atoms with Crippen LogP contribution >= 0.6 is 23.2 Å². The van der Waals surface area contributed by atoms with Crippen molar-refractivity contribution in [1.82, 2.24) is 9.88 Å². The van der Waals surface area contributed by atoms with E-state index >= 15 is 0 Å². The second kappa shape index (κ2) is 6.22. The number of halogens is 2. The molecular weight excluding hydrogens is 259 g/mol. The Hall–Kier alpha value is -0.800. The summed E-state index contributed by atoms with van der Waals surface area (Å²) in [7, 11) is 1.74. The van der Waals surface area contributed by atoms with E-state index in [1.807, 2.05) is 0 Å². The molecule has 0 aliphatic carbocycles. The summed E-state index contributed by atoms with van der Waals surface area (Å²) in [4.78, 5) is 17.6. The summed E-state index contributed by atoms with van der Waals surface area (Å²) in [5, 5.41) is 0.603. The van der Waals surface area contributed by atoms with Gasteiger partial charge in [0.2, 0.25) is 0 Å². The number of carbonyl (C=O) groups is 1. The van der Waals surface area contributed by atoms with Gasteiger partial charge in [-0.15, -0.1) is 0 Å². The quantitative estimate of drug-likeness (QED) is 0.788. The highest BCUT2D eigenvalue weighted by Gasteiger charge is 2.17. The van der Waals surface area contributed by atoms with Gasteiger partial charge >= 0.3 is 0 Å². The molecule has 0 aliphatic heterocycles. The van der Waals surface area contributed by atoms with Gasteiger partial charge in [0.05, 0.1) is 5.02 Å². The lowest BCUT2D eigenvalue weighted by Crippen LogP contribution is -2.29. The summed E-state index contributed by atoms with van der Waals surface area (Å²) in [6.07, 6.45) is 0.945. The average Bonchev–Trinajstić information content (AvgIpc) is 2.28. The maximum absolute atomic E-state index is 12.1. The first-order valence-corrected chi connectivity index (χ1v) is 6.25. The number of aromatic nitrogens is 1. The summed E-state index contributed by atoms with van der Waals surface area (Å²) in [5.41, 5.74) is 0.213. The Labute approximate surface area is 112 Å². The maximum atomic E-state index is 12.1. The second-order valence-corrected chi connectivity index (χ2v) is 5.17. The standard InChI is InChI=1S/C12H16Cl2N2O/c1-8(2)6-7-16(3)12(17)11-9(13)4-5-10(14)15-11/h4-5,8H,6-7H2,1-3H3. The molecule has 0 N–H and O–H groups in total. The minimum Gasteiger partial charge on any atom is -0.340 e. The van der Waals surface area contributed by atoms with Gasteiger partial charge in [0.1, 0.15) is 10.8 Å². The van der Waals surface area contributed by atoms with Crippen LogP contribution in [0.25, 0.3) is 0 Å². The number of hydrogen-bond acceptors (Lipinski definition) is 2. The topological polar surface area (TPSA) is 33.2 Å². The summed E-state index contributed by atoms with van der Waals surface area (Å²) in [5.74, 6) is 0.353. The largest absolute Gasteiger partial charge is 0.340 e.